The summed E-state index contributed by atoms with van der Waals surface area (Å²) in [5.41, 5.74) is 3.21. The molecule has 1 N–H and O–H groups in total. The quantitative estimate of drug-likeness (QED) is 0.418. The molecular formula is C31H28N4O3. The summed E-state index contributed by atoms with van der Waals surface area (Å²) >= 11 is 0. The van der Waals surface area contributed by atoms with Crippen molar-refractivity contribution in [1.29, 1.82) is 0 Å². The number of nitrogens with one attached hydrogen (secondary N) is 1. The van der Waals surface area contributed by atoms with Crippen LogP contribution in [0, 0.1) is 31.6 Å². The zero-order chi connectivity index (χ0) is 26.5. The van der Waals surface area contributed by atoms with Gasteiger partial charge in [0, 0.05) is 11.6 Å². The van der Waals surface area contributed by atoms with E-state index in [9.17, 15) is 14.4 Å². The maximum Gasteiger partial charge on any atom is 0.266 e. The van der Waals surface area contributed by atoms with Gasteiger partial charge in [0.15, 0.2) is 0 Å². The van der Waals surface area contributed by atoms with Gasteiger partial charge in [-0.05, 0) is 49.1 Å². The minimum absolute atomic E-state index is 0.0601. The second kappa shape index (κ2) is 7.71. The van der Waals surface area contributed by atoms with Crippen molar-refractivity contribution in [3.05, 3.63) is 99.6 Å². The summed E-state index contributed by atoms with van der Waals surface area (Å²) in [4.78, 5) is 49.1. The van der Waals surface area contributed by atoms with Gasteiger partial charge < -0.3 is 0 Å². The number of rotatable bonds is 2. The van der Waals surface area contributed by atoms with Crippen molar-refractivity contribution in [1.82, 2.24) is 14.9 Å². The SMILES string of the molecule is Cc1cccc(C)c1N1C(=O)C2C(C(C)C)NC3(c4ccccc4-n4c3nc3ccccc3c4=O)C2C1=O. The number of amides is 2. The van der Waals surface area contributed by atoms with Crippen LogP contribution >= 0.6 is 0 Å². The zero-order valence-electron chi connectivity index (χ0n) is 21.7. The molecule has 4 atom stereocenters. The molecule has 38 heavy (non-hydrogen) atoms. The van der Waals surface area contributed by atoms with Gasteiger partial charge in [0.2, 0.25) is 11.8 Å². The van der Waals surface area contributed by atoms with Crippen molar-refractivity contribution in [2.75, 3.05) is 4.90 Å². The molecule has 7 heteroatoms. The van der Waals surface area contributed by atoms with Gasteiger partial charge in [0.1, 0.15) is 11.4 Å². The molecule has 7 rings (SSSR count). The topological polar surface area (TPSA) is 84.3 Å². The molecule has 7 nitrogen and oxygen atoms in total. The summed E-state index contributed by atoms with van der Waals surface area (Å²) in [6, 6.07) is 20.5. The molecule has 4 unspecified atom stereocenters. The number of carbonyl (C=O) groups is 2. The zero-order valence-corrected chi connectivity index (χ0v) is 21.7. The van der Waals surface area contributed by atoms with Gasteiger partial charge in [-0.1, -0.05) is 62.4 Å². The second-order valence-electron chi connectivity index (χ2n) is 11.1. The van der Waals surface area contributed by atoms with Crippen LogP contribution in [0.15, 0.2) is 71.5 Å². The third-order valence-electron chi connectivity index (χ3n) is 8.68. The number of aryl methyl sites for hydroxylation is 2. The fourth-order valence-corrected chi connectivity index (χ4v) is 7.10. The largest absolute Gasteiger partial charge is 0.296 e. The number of fused-ring (bicyclic) bond motifs is 8. The van der Waals surface area contributed by atoms with Gasteiger partial charge >= 0.3 is 0 Å². The molecule has 3 aromatic carbocycles. The molecule has 0 radical (unpaired) electrons. The lowest BCUT2D eigenvalue weighted by Crippen LogP contribution is -2.51. The first-order chi connectivity index (χ1) is 18.3. The maximum atomic E-state index is 14.5. The lowest BCUT2D eigenvalue weighted by molar-refractivity contribution is -0.123. The van der Waals surface area contributed by atoms with Crippen LogP contribution in [0.5, 0.6) is 0 Å². The molecule has 4 heterocycles. The van der Waals surface area contributed by atoms with Crippen LogP contribution in [-0.2, 0) is 15.1 Å². The molecule has 2 saturated heterocycles. The minimum atomic E-state index is -1.11. The Kier molecular flexibility index (Phi) is 4.68. The predicted octanol–water partition coefficient (Wildman–Crippen LogP) is 3.99. The standard InChI is InChI=1S/C31H28N4O3/c1-16(2)25-23-24(29(38)35(28(23)37)26-17(3)10-9-11-18(26)4)31(33-25)20-13-6-8-15-22(20)34-27(36)19-12-5-7-14-21(19)32-30(31)34/h5-16,23-25,33H,1-4H3. The summed E-state index contributed by atoms with van der Waals surface area (Å²) in [6.07, 6.45) is 0. The highest BCUT2D eigenvalue weighted by atomic mass is 16.2. The van der Waals surface area contributed by atoms with Gasteiger partial charge in [0.25, 0.3) is 5.56 Å². The van der Waals surface area contributed by atoms with Crippen LogP contribution < -0.4 is 15.8 Å². The Morgan fingerprint density at radius 2 is 1.55 bits per heavy atom. The molecule has 4 aromatic rings. The van der Waals surface area contributed by atoms with Crippen LogP contribution in [-0.4, -0.2) is 27.4 Å². The fraction of sp³-hybridized carbons (Fsp3) is 0.290. The molecule has 0 saturated carbocycles. The van der Waals surface area contributed by atoms with Crippen molar-refractivity contribution in [2.45, 2.75) is 39.3 Å². The molecule has 190 valence electrons. The molecule has 1 spiro atoms. The highest BCUT2D eigenvalue weighted by Gasteiger charge is 2.70. The number of nitrogens with zero attached hydrogens (tertiary/aromatic N) is 3. The van der Waals surface area contributed by atoms with Gasteiger partial charge in [-0.15, -0.1) is 0 Å². The fourth-order valence-electron chi connectivity index (χ4n) is 7.10. The molecule has 3 aliphatic heterocycles. The Morgan fingerprint density at radius 3 is 2.29 bits per heavy atom. The van der Waals surface area contributed by atoms with Gasteiger partial charge in [0.05, 0.1) is 34.1 Å². The van der Waals surface area contributed by atoms with E-state index in [1.54, 1.807) is 10.6 Å². The normalized spacial score (nSPS) is 25.5. The monoisotopic (exact) mass is 504 g/mol. The summed E-state index contributed by atoms with van der Waals surface area (Å²) in [7, 11) is 0. The Bertz CT molecular complexity index is 1740. The van der Waals surface area contributed by atoms with Crippen LogP contribution in [0.1, 0.15) is 36.4 Å². The first-order valence-electron chi connectivity index (χ1n) is 13.1. The molecular weight excluding hydrogens is 476 g/mol. The molecule has 0 aliphatic carbocycles. The number of aromatic nitrogens is 2. The van der Waals surface area contributed by atoms with E-state index in [2.05, 4.69) is 19.2 Å². The van der Waals surface area contributed by atoms with Gasteiger partial charge in [-0.3, -0.25) is 24.3 Å². The summed E-state index contributed by atoms with van der Waals surface area (Å²) < 4.78 is 1.64. The second-order valence-corrected chi connectivity index (χ2v) is 11.1. The minimum Gasteiger partial charge on any atom is -0.296 e. The van der Waals surface area contributed by atoms with Crippen molar-refractivity contribution >= 4 is 28.4 Å². The van der Waals surface area contributed by atoms with E-state index in [-0.39, 0.29) is 29.3 Å². The molecule has 2 fully saturated rings. The van der Waals surface area contributed by atoms with Crippen LogP contribution in [0.4, 0.5) is 5.69 Å². The number of benzene rings is 3. The third kappa shape index (κ3) is 2.67. The van der Waals surface area contributed by atoms with E-state index in [0.717, 1.165) is 16.7 Å². The lowest BCUT2D eigenvalue weighted by atomic mass is 9.75. The average molecular weight is 505 g/mol. The number of carbonyl (C=O) groups excluding carboxylic acids is 2. The number of hydrogen-bond acceptors (Lipinski definition) is 5. The maximum absolute atomic E-state index is 14.5. The first kappa shape index (κ1) is 23.0. The van der Waals surface area contributed by atoms with E-state index < -0.39 is 17.4 Å². The Morgan fingerprint density at radius 1 is 0.868 bits per heavy atom. The van der Waals surface area contributed by atoms with Gasteiger partial charge in [-0.2, -0.15) is 0 Å². The highest BCUT2D eigenvalue weighted by molar-refractivity contribution is 6.24. The van der Waals surface area contributed by atoms with E-state index in [0.29, 0.717) is 28.1 Å². The predicted molar refractivity (Wildman–Crippen MR) is 145 cm³/mol. The Labute approximate surface area is 220 Å². The van der Waals surface area contributed by atoms with E-state index in [1.165, 1.54) is 4.90 Å². The highest BCUT2D eigenvalue weighted by Crippen LogP contribution is 2.56. The van der Waals surface area contributed by atoms with Gasteiger partial charge in [-0.25, -0.2) is 9.88 Å². The van der Waals surface area contributed by atoms with Crippen LogP contribution in [0.2, 0.25) is 0 Å². The smallest absolute Gasteiger partial charge is 0.266 e. The molecule has 3 aliphatic rings. The number of para-hydroxylation sites is 3. The Balaban J connectivity index is 1.55. The van der Waals surface area contributed by atoms with Crippen LogP contribution in [0.25, 0.3) is 16.6 Å². The van der Waals surface area contributed by atoms with Crippen molar-refractivity contribution in [3.63, 3.8) is 0 Å². The summed E-state index contributed by atoms with van der Waals surface area (Å²) in [6.45, 7) is 7.99. The molecule has 0 bridgehead atoms. The Hall–Kier alpha value is -4.10. The van der Waals surface area contributed by atoms with E-state index in [4.69, 9.17) is 4.98 Å². The average Bonchev–Trinajstić information content (AvgIpc) is 3.49. The number of hydrogen-bond donors (Lipinski definition) is 1. The lowest BCUT2D eigenvalue weighted by Gasteiger charge is -2.32. The number of imide groups is 1. The summed E-state index contributed by atoms with van der Waals surface area (Å²) in [5.74, 6) is -1.25. The molecule has 1 aromatic heterocycles. The van der Waals surface area contributed by atoms with E-state index >= 15 is 0 Å². The van der Waals surface area contributed by atoms with Crippen LogP contribution in [0.3, 0.4) is 0 Å². The first-order valence-corrected chi connectivity index (χ1v) is 13.1. The van der Waals surface area contributed by atoms with Crippen molar-refractivity contribution < 1.29 is 9.59 Å². The van der Waals surface area contributed by atoms with Crippen molar-refractivity contribution in [3.8, 4) is 5.69 Å². The van der Waals surface area contributed by atoms with E-state index in [1.807, 2.05) is 74.5 Å². The third-order valence-corrected chi connectivity index (χ3v) is 8.68. The summed E-state index contributed by atoms with van der Waals surface area (Å²) in [5, 5.41) is 4.26. The number of anilines is 1. The molecule has 2 amide bonds. The van der Waals surface area contributed by atoms with Crippen molar-refractivity contribution in [2.24, 2.45) is 17.8 Å².